The lowest BCUT2D eigenvalue weighted by atomic mass is 10.1. The summed E-state index contributed by atoms with van der Waals surface area (Å²) in [5.41, 5.74) is 1.15. The van der Waals surface area contributed by atoms with E-state index >= 15 is 0 Å². The molecule has 3 aromatic rings. The van der Waals surface area contributed by atoms with Gasteiger partial charge in [0.05, 0.1) is 5.56 Å². The maximum absolute atomic E-state index is 13.6. The van der Waals surface area contributed by atoms with Gasteiger partial charge in [0.2, 0.25) is 0 Å². The second kappa shape index (κ2) is 4.73. The number of benzene rings is 1. The van der Waals surface area contributed by atoms with Crippen LogP contribution in [0.25, 0.3) is 5.65 Å². The number of hydrogen-bond acceptors (Lipinski definition) is 3. The van der Waals surface area contributed by atoms with Gasteiger partial charge in [-0.1, -0.05) is 18.2 Å². The molecule has 3 rings (SSSR count). The zero-order chi connectivity index (χ0) is 14.1. The predicted octanol–water partition coefficient (Wildman–Crippen LogP) is 2.16. The Labute approximate surface area is 113 Å². The minimum atomic E-state index is -1.03. The first-order valence-corrected chi connectivity index (χ1v) is 5.95. The molecule has 0 unspecified atom stereocenters. The van der Waals surface area contributed by atoms with Gasteiger partial charge in [0, 0.05) is 12.6 Å². The van der Waals surface area contributed by atoms with Gasteiger partial charge in [0.1, 0.15) is 11.6 Å². The van der Waals surface area contributed by atoms with E-state index in [9.17, 15) is 9.18 Å². The van der Waals surface area contributed by atoms with Gasteiger partial charge in [-0.25, -0.2) is 9.18 Å². The molecule has 2 aromatic heterocycles. The fourth-order valence-corrected chi connectivity index (χ4v) is 2.00. The van der Waals surface area contributed by atoms with Crippen molar-refractivity contribution in [2.24, 2.45) is 0 Å². The molecule has 0 fully saturated rings. The Hall–Kier alpha value is -2.76. The maximum Gasteiger partial charge on any atom is 0.337 e. The highest BCUT2D eigenvalue weighted by atomic mass is 19.1. The van der Waals surface area contributed by atoms with Gasteiger partial charge in [-0.2, -0.15) is 0 Å². The molecule has 0 aliphatic heterocycles. The number of nitrogens with zero attached hydrogens (tertiary/aromatic N) is 3. The summed E-state index contributed by atoms with van der Waals surface area (Å²) in [5, 5.41) is 16.9. The Morgan fingerprint density at radius 1 is 1.20 bits per heavy atom. The van der Waals surface area contributed by atoms with Crippen molar-refractivity contribution in [1.82, 2.24) is 14.6 Å². The van der Waals surface area contributed by atoms with Gasteiger partial charge in [-0.05, 0) is 23.8 Å². The van der Waals surface area contributed by atoms with Crippen molar-refractivity contribution >= 4 is 11.6 Å². The Balaban J connectivity index is 2.06. The maximum atomic E-state index is 13.6. The fourth-order valence-electron chi connectivity index (χ4n) is 2.00. The molecule has 100 valence electrons. The zero-order valence-corrected chi connectivity index (χ0v) is 10.3. The number of aromatic carboxylic acids is 1. The van der Waals surface area contributed by atoms with Crippen LogP contribution >= 0.6 is 0 Å². The average molecular weight is 271 g/mol. The molecule has 0 saturated carbocycles. The minimum absolute atomic E-state index is 0.132. The van der Waals surface area contributed by atoms with E-state index in [1.54, 1.807) is 28.7 Å². The Kier molecular flexibility index (Phi) is 2.90. The SMILES string of the molecule is O=C(O)c1ccc2nnc(Cc3ccccc3F)n2c1. The van der Waals surface area contributed by atoms with E-state index in [1.165, 1.54) is 18.3 Å². The van der Waals surface area contributed by atoms with Crippen LogP contribution in [0.4, 0.5) is 4.39 Å². The van der Waals surface area contributed by atoms with Crippen molar-refractivity contribution in [3.8, 4) is 0 Å². The molecule has 0 amide bonds. The van der Waals surface area contributed by atoms with E-state index in [-0.39, 0.29) is 17.8 Å². The van der Waals surface area contributed by atoms with Gasteiger partial charge < -0.3 is 5.11 Å². The van der Waals surface area contributed by atoms with Gasteiger partial charge >= 0.3 is 5.97 Å². The molecule has 0 bridgehead atoms. The molecule has 20 heavy (non-hydrogen) atoms. The summed E-state index contributed by atoms with van der Waals surface area (Å²) in [4.78, 5) is 11.0. The Bertz CT molecular complexity index is 798. The highest BCUT2D eigenvalue weighted by Crippen LogP contribution is 2.14. The zero-order valence-electron chi connectivity index (χ0n) is 10.3. The lowest BCUT2D eigenvalue weighted by Crippen LogP contribution is -2.02. The standard InChI is InChI=1S/C14H10FN3O2/c15-11-4-2-1-3-9(11)7-13-17-16-12-6-5-10(14(19)20)8-18(12)13/h1-6,8H,7H2,(H,19,20). The molecule has 0 radical (unpaired) electrons. The van der Waals surface area contributed by atoms with Crippen molar-refractivity contribution < 1.29 is 14.3 Å². The summed E-state index contributed by atoms with van der Waals surface area (Å²) in [6.45, 7) is 0. The van der Waals surface area contributed by atoms with E-state index in [1.807, 2.05) is 0 Å². The molecule has 1 N–H and O–H groups in total. The number of hydrogen-bond donors (Lipinski definition) is 1. The molecule has 0 aliphatic rings. The van der Waals surface area contributed by atoms with E-state index < -0.39 is 5.97 Å². The topological polar surface area (TPSA) is 67.5 Å². The van der Waals surface area contributed by atoms with Crippen LogP contribution in [0.5, 0.6) is 0 Å². The number of carboxylic acid groups (broad SMARTS) is 1. The normalized spacial score (nSPS) is 10.8. The highest BCUT2D eigenvalue weighted by Gasteiger charge is 2.11. The Morgan fingerprint density at radius 3 is 2.75 bits per heavy atom. The molecule has 0 spiro atoms. The van der Waals surface area contributed by atoms with Gasteiger partial charge in [0.15, 0.2) is 5.65 Å². The summed E-state index contributed by atoms with van der Waals surface area (Å²) in [5.74, 6) is -0.857. The lowest BCUT2D eigenvalue weighted by Gasteiger charge is -2.03. The number of carbonyl (C=O) groups is 1. The quantitative estimate of drug-likeness (QED) is 0.792. The predicted molar refractivity (Wildman–Crippen MR) is 69.2 cm³/mol. The van der Waals surface area contributed by atoms with Crippen molar-refractivity contribution in [3.05, 3.63) is 65.4 Å². The highest BCUT2D eigenvalue weighted by molar-refractivity contribution is 5.87. The Morgan fingerprint density at radius 2 is 2.00 bits per heavy atom. The largest absolute Gasteiger partial charge is 0.478 e. The molecular formula is C14H10FN3O2. The van der Waals surface area contributed by atoms with Gasteiger partial charge in [-0.3, -0.25) is 4.40 Å². The molecule has 2 heterocycles. The third kappa shape index (κ3) is 2.11. The van der Waals surface area contributed by atoms with Crippen molar-refractivity contribution in [3.63, 3.8) is 0 Å². The first-order valence-electron chi connectivity index (χ1n) is 5.95. The number of rotatable bonds is 3. The van der Waals surface area contributed by atoms with Gasteiger partial charge in [-0.15, -0.1) is 10.2 Å². The van der Waals surface area contributed by atoms with E-state index in [2.05, 4.69) is 10.2 Å². The number of carboxylic acids is 1. The third-order valence-corrected chi connectivity index (χ3v) is 3.03. The molecule has 6 heteroatoms. The van der Waals surface area contributed by atoms with Crippen LogP contribution < -0.4 is 0 Å². The van der Waals surface area contributed by atoms with Crippen LogP contribution in [-0.2, 0) is 6.42 Å². The lowest BCUT2D eigenvalue weighted by molar-refractivity contribution is 0.0696. The number of pyridine rings is 1. The van der Waals surface area contributed by atoms with Crippen LogP contribution in [0, 0.1) is 5.82 Å². The van der Waals surface area contributed by atoms with E-state index in [0.717, 1.165) is 0 Å². The van der Waals surface area contributed by atoms with E-state index in [0.29, 0.717) is 17.0 Å². The van der Waals surface area contributed by atoms with Crippen molar-refractivity contribution in [2.75, 3.05) is 0 Å². The number of halogens is 1. The molecule has 5 nitrogen and oxygen atoms in total. The van der Waals surface area contributed by atoms with Crippen molar-refractivity contribution in [2.45, 2.75) is 6.42 Å². The van der Waals surface area contributed by atoms with Crippen LogP contribution in [0.3, 0.4) is 0 Å². The fraction of sp³-hybridized carbons (Fsp3) is 0.0714. The first-order chi connectivity index (χ1) is 9.65. The van der Waals surface area contributed by atoms with Crippen LogP contribution in [0.2, 0.25) is 0 Å². The third-order valence-electron chi connectivity index (χ3n) is 3.03. The second-order valence-electron chi connectivity index (χ2n) is 4.34. The first kappa shape index (κ1) is 12.3. The molecule has 0 aliphatic carbocycles. The monoisotopic (exact) mass is 271 g/mol. The van der Waals surface area contributed by atoms with Crippen molar-refractivity contribution in [1.29, 1.82) is 0 Å². The van der Waals surface area contributed by atoms with E-state index in [4.69, 9.17) is 5.11 Å². The van der Waals surface area contributed by atoms with Gasteiger partial charge in [0.25, 0.3) is 0 Å². The second-order valence-corrected chi connectivity index (χ2v) is 4.34. The van der Waals surface area contributed by atoms with Crippen LogP contribution in [0.15, 0.2) is 42.6 Å². The summed E-state index contributed by atoms with van der Waals surface area (Å²) in [7, 11) is 0. The molecule has 1 aromatic carbocycles. The summed E-state index contributed by atoms with van der Waals surface area (Å²) < 4.78 is 15.2. The smallest absolute Gasteiger partial charge is 0.337 e. The summed E-state index contributed by atoms with van der Waals surface area (Å²) >= 11 is 0. The minimum Gasteiger partial charge on any atom is -0.478 e. The summed E-state index contributed by atoms with van der Waals surface area (Å²) in [6, 6.07) is 9.42. The molecule has 0 saturated heterocycles. The van der Waals surface area contributed by atoms with Crippen LogP contribution in [-0.4, -0.2) is 25.7 Å². The summed E-state index contributed by atoms with van der Waals surface area (Å²) in [6.07, 6.45) is 1.69. The average Bonchev–Trinajstić information content (AvgIpc) is 2.84. The van der Waals surface area contributed by atoms with Crippen LogP contribution in [0.1, 0.15) is 21.7 Å². The number of fused-ring (bicyclic) bond motifs is 1. The molecular weight excluding hydrogens is 261 g/mol. The number of aromatic nitrogens is 3. The molecule has 0 atom stereocenters.